The van der Waals surface area contributed by atoms with E-state index in [-0.39, 0.29) is 6.61 Å². The number of carbonyl (C=O) groups excluding carboxylic acids is 1. The Bertz CT molecular complexity index is 896. The fraction of sp³-hybridized carbons (Fsp3) is 0.304. The van der Waals surface area contributed by atoms with Crippen molar-refractivity contribution in [1.29, 1.82) is 0 Å². The maximum atomic E-state index is 12.7. The van der Waals surface area contributed by atoms with E-state index in [4.69, 9.17) is 20.4 Å². The Morgan fingerprint density at radius 3 is 2.67 bits per heavy atom. The molecule has 1 aliphatic rings. The number of nitrogens with one attached hydrogen (secondary N) is 1. The van der Waals surface area contributed by atoms with Crippen LogP contribution in [0.5, 0.6) is 5.75 Å². The van der Waals surface area contributed by atoms with Crippen LogP contribution in [0.2, 0.25) is 0 Å². The van der Waals surface area contributed by atoms with E-state index in [9.17, 15) is 4.79 Å². The SMILES string of the molecule is C[C@@H]1OC(c2ccc(OCCCO)cc2)=N[C@]1(C/C=C/c1ccccc1)C(=O)NN. The maximum absolute atomic E-state index is 12.7. The number of nitrogens with two attached hydrogens (primary N) is 1. The van der Waals surface area contributed by atoms with E-state index < -0.39 is 17.6 Å². The molecule has 2 aromatic rings. The van der Waals surface area contributed by atoms with Crippen LogP contribution in [0.1, 0.15) is 30.9 Å². The van der Waals surface area contributed by atoms with E-state index in [1.165, 1.54) is 0 Å². The van der Waals surface area contributed by atoms with E-state index in [1.54, 1.807) is 0 Å². The minimum Gasteiger partial charge on any atom is -0.494 e. The molecule has 0 bridgehead atoms. The molecule has 0 spiro atoms. The van der Waals surface area contributed by atoms with Gasteiger partial charge in [-0.2, -0.15) is 0 Å². The van der Waals surface area contributed by atoms with Crippen molar-refractivity contribution in [3.63, 3.8) is 0 Å². The molecule has 0 aliphatic carbocycles. The molecule has 4 N–H and O–H groups in total. The number of aliphatic imine (C=N–C) groups is 1. The third-order valence-electron chi connectivity index (χ3n) is 5.00. The molecule has 7 heteroatoms. The minimum atomic E-state index is -1.15. The zero-order chi connectivity index (χ0) is 21.4. The second-order valence-corrected chi connectivity index (χ2v) is 7.04. The third-order valence-corrected chi connectivity index (χ3v) is 5.00. The second kappa shape index (κ2) is 10.0. The van der Waals surface area contributed by atoms with Crippen LogP contribution in [0.25, 0.3) is 6.08 Å². The molecule has 1 amide bonds. The van der Waals surface area contributed by atoms with Gasteiger partial charge >= 0.3 is 0 Å². The summed E-state index contributed by atoms with van der Waals surface area (Å²) in [6.07, 6.45) is 4.29. The van der Waals surface area contributed by atoms with Gasteiger partial charge in [-0.1, -0.05) is 42.5 Å². The molecule has 158 valence electrons. The topological polar surface area (TPSA) is 106 Å². The number of rotatable bonds is 9. The van der Waals surface area contributed by atoms with Crippen LogP contribution in [0.3, 0.4) is 0 Å². The summed E-state index contributed by atoms with van der Waals surface area (Å²) >= 11 is 0. The first-order valence-electron chi connectivity index (χ1n) is 9.92. The van der Waals surface area contributed by atoms with Gasteiger partial charge in [-0.05, 0) is 36.8 Å². The number of nitrogens with zero attached hydrogens (tertiary/aromatic N) is 1. The standard InChI is InChI=1S/C23H27N3O4/c1-17-23(22(28)26-24,14-5-9-18-7-3-2-4-8-18)25-21(30-17)19-10-12-20(13-11-19)29-16-6-15-27/h2-5,7-13,17,27H,6,14-16,24H2,1H3,(H,26,28)/b9-5+/t17-,23-/m0/s1. The van der Waals surface area contributed by atoms with Crippen molar-refractivity contribution in [2.45, 2.75) is 31.4 Å². The van der Waals surface area contributed by atoms with Gasteiger partial charge in [-0.15, -0.1) is 0 Å². The van der Waals surface area contributed by atoms with E-state index >= 15 is 0 Å². The lowest BCUT2D eigenvalue weighted by Crippen LogP contribution is -2.52. The molecule has 0 unspecified atom stereocenters. The van der Waals surface area contributed by atoms with Crippen molar-refractivity contribution < 1.29 is 19.4 Å². The molecule has 30 heavy (non-hydrogen) atoms. The van der Waals surface area contributed by atoms with Crippen LogP contribution >= 0.6 is 0 Å². The summed E-state index contributed by atoms with van der Waals surface area (Å²) in [5, 5.41) is 8.84. The van der Waals surface area contributed by atoms with E-state index in [0.717, 1.165) is 11.1 Å². The predicted molar refractivity (Wildman–Crippen MR) is 116 cm³/mol. The number of aliphatic hydroxyl groups is 1. The summed E-state index contributed by atoms with van der Waals surface area (Å²) in [5.74, 6) is 6.14. The first-order valence-corrected chi connectivity index (χ1v) is 9.92. The zero-order valence-electron chi connectivity index (χ0n) is 17.0. The quantitative estimate of drug-likeness (QED) is 0.255. The normalized spacial score (nSPS) is 20.6. The Hall–Kier alpha value is -3.16. The van der Waals surface area contributed by atoms with Gasteiger partial charge in [-0.25, -0.2) is 10.8 Å². The highest BCUT2D eigenvalue weighted by Gasteiger charge is 2.49. The average Bonchev–Trinajstić information content (AvgIpc) is 3.12. The van der Waals surface area contributed by atoms with Crippen LogP contribution < -0.4 is 16.0 Å². The van der Waals surface area contributed by atoms with E-state index in [2.05, 4.69) is 10.4 Å². The van der Waals surface area contributed by atoms with Crippen LogP contribution in [0.4, 0.5) is 0 Å². The van der Waals surface area contributed by atoms with Crippen LogP contribution in [0, 0.1) is 0 Å². The lowest BCUT2D eigenvalue weighted by Gasteiger charge is -2.25. The molecule has 1 aliphatic heterocycles. The Kier molecular flexibility index (Phi) is 7.21. The van der Waals surface area contributed by atoms with Gasteiger partial charge in [0, 0.05) is 25.0 Å². The number of aliphatic hydroxyl groups excluding tert-OH is 1. The average molecular weight is 409 g/mol. The van der Waals surface area contributed by atoms with Crippen molar-refractivity contribution in [2.24, 2.45) is 10.8 Å². The fourth-order valence-corrected chi connectivity index (χ4v) is 3.25. The molecule has 2 aromatic carbocycles. The summed E-state index contributed by atoms with van der Waals surface area (Å²) in [4.78, 5) is 17.3. The molecule has 0 saturated heterocycles. The third kappa shape index (κ3) is 4.87. The maximum Gasteiger partial charge on any atom is 0.266 e. The number of carbonyl (C=O) groups is 1. The summed E-state index contributed by atoms with van der Waals surface area (Å²) in [6.45, 7) is 2.34. The van der Waals surface area contributed by atoms with Gasteiger partial charge in [0.15, 0.2) is 5.54 Å². The summed E-state index contributed by atoms with van der Waals surface area (Å²) < 4.78 is 11.5. The van der Waals surface area contributed by atoms with E-state index in [0.29, 0.717) is 31.1 Å². The first kappa shape index (κ1) is 21.5. The van der Waals surface area contributed by atoms with Crippen LogP contribution in [-0.4, -0.2) is 41.8 Å². The van der Waals surface area contributed by atoms with E-state index in [1.807, 2.05) is 73.7 Å². The van der Waals surface area contributed by atoms with Crippen molar-refractivity contribution in [3.8, 4) is 5.75 Å². The highest BCUT2D eigenvalue weighted by molar-refractivity contribution is 6.00. The smallest absolute Gasteiger partial charge is 0.266 e. The molecule has 7 nitrogen and oxygen atoms in total. The van der Waals surface area contributed by atoms with Gasteiger partial charge in [-0.3, -0.25) is 10.2 Å². The largest absolute Gasteiger partial charge is 0.494 e. The molecule has 0 radical (unpaired) electrons. The molecular formula is C23H27N3O4. The Labute approximate surface area is 176 Å². The number of hydrazine groups is 1. The molecule has 0 saturated carbocycles. The second-order valence-electron chi connectivity index (χ2n) is 7.04. The Morgan fingerprint density at radius 1 is 1.27 bits per heavy atom. The summed E-state index contributed by atoms with van der Waals surface area (Å²) in [6, 6.07) is 17.1. The highest BCUT2D eigenvalue weighted by atomic mass is 16.5. The molecule has 0 fully saturated rings. The monoisotopic (exact) mass is 409 g/mol. The number of hydrogen-bond donors (Lipinski definition) is 3. The summed E-state index contributed by atoms with van der Waals surface area (Å²) in [7, 11) is 0. The number of hydrogen-bond acceptors (Lipinski definition) is 6. The lowest BCUT2D eigenvalue weighted by molar-refractivity contribution is -0.128. The fourth-order valence-electron chi connectivity index (χ4n) is 3.25. The number of benzene rings is 2. The predicted octanol–water partition coefficient (Wildman–Crippen LogP) is 2.45. The molecular weight excluding hydrogens is 382 g/mol. The molecule has 3 rings (SSSR count). The molecule has 2 atom stereocenters. The van der Waals surface area contributed by atoms with Gasteiger partial charge in [0.1, 0.15) is 11.9 Å². The van der Waals surface area contributed by atoms with Crippen molar-refractivity contribution in [3.05, 3.63) is 71.8 Å². The zero-order valence-corrected chi connectivity index (χ0v) is 17.0. The number of ether oxygens (including phenoxy) is 2. The lowest BCUT2D eigenvalue weighted by atomic mass is 9.89. The van der Waals surface area contributed by atoms with Crippen LogP contribution in [0.15, 0.2) is 65.7 Å². The van der Waals surface area contributed by atoms with Gasteiger partial charge in [0.25, 0.3) is 5.91 Å². The van der Waals surface area contributed by atoms with Crippen molar-refractivity contribution in [1.82, 2.24) is 5.43 Å². The summed E-state index contributed by atoms with van der Waals surface area (Å²) in [5.41, 5.74) is 2.87. The van der Waals surface area contributed by atoms with Gasteiger partial charge in [0.05, 0.1) is 6.61 Å². The number of amides is 1. The van der Waals surface area contributed by atoms with Gasteiger partial charge < -0.3 is 14.6 Å². The molecule has 0 aromatic heterocycles. The van der Waals surface area contributed by atoms with Crippen molar-refractivity contribution in [2.75, 3.05) is 13.2 Å². The Morgan fingerprint density at radius 2 is 2.00 bits per heavy atom. The van der Waals surface area contributed by atoms with Crippen LogP contribution in [-0.2, 0) is 9.53 Å². The molecule has 1 heterocycles. The van der Waals surface area contributed by atoms with Crippen molar-refractivity contribution >= 4 is 17.9 Å². The van der Waals surface area contributed by atoms with Gasteiger partial charge in [0.2, 0.25) is 5.90 Å². The minimum absolute atomic E-state index is 0.0879. The Balaban J connectivity index is 1.80. The first-order chi connectivity index (χ1) is 14.6. The highest BCUT2D eigenvalue weighted by Crippen LogP contribution is 2.33.